The van der Waals surface area contributed by atoms with Gasteiger partial charge in [0.1, 0.15) is 6.04 Å². The number of nitrogens with zero attached hydrogens (tertiary/aromatic N) is 1. The Morgan fingerprint density at radius 3 is 2.71 bits per heavy atom. The molecular formula is C11H15N3O3. The van der Waals surface area contributed by atoms with Crippen molar-refractivity contribution in [2.45, 2.75) is 19.9 Å². The average molecular weight is 237 g/mol. The first-order chi connectivity index (χ1) is 7.93. The zero-order valence-electron chi connectivity index (χ0n) is 9.94. The number of aromatic nitrogens is 1. The van der Waals surface area contributed by atoms with Gasteiger partial charge >= 0.3 is 5.97 Å². The summed E-state index contributed by atoms with van der Waals surface area (Å²) in [6, 6.07) is -0.278. The molecule has 6 heteroatoms. The Kier molecular flexibility index (Phi) is 2.57. The number of amides is 1. The molecule has 1 aromatic rings. The summed E-state index contributed by atoms with van der Waals surface area (Å²) in [5.74, 6) is -1.10. The van der Waals surface area contributed by atoms with Crippen LogP contribution < -0.4 is 10.2 Å². The van der Waals surface area contributed by atoms with E-state index in [0.717, 1.165) is 0 Å². The van der Waals surface area contributed by atoms with Crippen molar-refractivity contribution >= 4 is 23.3 Å². The first-order valence-corrected chi connectivity index (χ1v) is 5.41. The number of likely N-dealkylation sites (N-methyl/N-ethyl adjacent to an activating group) is 1. The molecular weight excluding hydrogens is 222 g/mol. The first kappa shape index (κ1) is 11.5. The van der Waals surface area contributed by atoms with Crippen LogP contribution in [0, 0.1) is 5.92 Å². The minimum Gasteiger partial charge on any atom is -0.477 e. The van der Waals surface area contributed by atoms with E-state index in [1.165, 1.54) is 0 Å². The van der Waals surface area contributed by atoms with Gasteiger partial charge in [0, 0.05) is 13.2 Å². The maximum absolute atomic E-state index is 11.9. The summed E-state index contributed by atoms with van der Waals surface area (Å²) in [6.07, 6.45) is 1.60. The van der Waals surface area contributed by atoms with Crippen molar-refractivity contribution in [2.75, 3.05) is 17.3 Å². The molecule has 2 heterocycles. The van der Waals surface area contributed by atoms with Gasteiger partial charge in [-0.3, -0.25) is 4.79 Å². The van der Waals surface area contributed by atoms with E-state index in [-0.39, 0.29) is 23.6 Å². The quantitative estimate of drug-likeness (QED) is 0.719. The number of hydrogen-bond donors (Lipinski definition) is 3. The van der Waals surface area contributed by atoms with E-state index in [9.17, 15) is 9.59 Å². The van der Waals surface area contributed by atoms with E-state index >= 15 is 0 Å². The molecule has 0 unspecified atom stereocenters. The van der Waals surface area contributed by atoms with E-state index < -0.39 is 5.97 Å². The monoisotopic (exact) mass is 237 g/mol. The summed E-state index contributed by atoms with van der Waals surface area (Å²) in [4.78, 5) is 27.4. The first-order valence-electron chi connectivity index (χ1n) is 5.41. The topological polar surface area (TPSA) is 85.4 Å². The molecule has 2 rings (SSSR count). The van der Waals surface area contributed by atoms with Crippen LogP contribution in [0.1, 0.15) is 24.3 Å². The summed E-state index contributed by atoms with van der Waals surface area (Å²) in [7, 11) is 1.79. The van der Waals surface area contributed by atoms with Crippen LogP contribution in [0.4, 0.5) is 11.4 Å². The highest BCUT2D eigenvalue weighted by atomic mass is 16.4. The summed E-state index contributed by atoms with van der Waals surface area (Å²) in [5, 5.41) is 11.6. The second-order valence-corrected chi connectivity index (χ2v) is 4.52. The van der Waals surface area contributed by atoms with E-state index in [4.69, 9.17) is 5.11 Å². The second kappa shape index (κ2) is 3.80. The summed E-state index contributed by atoms with van der Waals surface area (Å²) < 4.78 is 0. The van der Waals surface area contributed by atoms with Crippen molar-refractivity contribution in [1.29, 1.82) is 0 Å². The lowest BCUT2D eigenvalue weighted by Gasteiger charge is -2.35. The Morgan fingerprint density at radius 1 is 1.53 bits per heavy atom. The van der Waals surface area contributed by atoms with Gasteiger partial charge < -0.3 is 20.3 Å². The third-order valence-corrected chi connectivity index (χ3v) is 3.02. The lowest BCUT2D eigenvalue weighted by Crippen LogP contribution is -2.48. The lowest BCUT2D eigenvalue weighted by molar-refractivity contribution is -0.118. The number of carboxylic acids is 1. The fourth-order valence-electron chi connectivity index (χ4n) is 2.26. The number of H-pyrrole nitrogens is 1. The molecule has 0 aliphatic carbocycles. The normalized spacial score (nSPS) is 19.2. The van der Waals surface area contributed by atoms with Gasteiger partial charge in [0.15, 0.2) is 5.69 Å². The Bertz CT molecular complexity index is 478. The Labute approximate surface area is 98.6 Å². The maximum Gasteiger partial charge on any atom is 0.354 e. The number of carbonyl (C=O) groups is 2. The number of aromatic amines is 1. The number of aromatic carboxylic acids is 1. The van der Waals surface area contributed by atoms with Crippen LogP contribution in [0.2, 0.25) is 0 Å². The molecule has 1 aromatic heterocycles. The van der Waals surface area contributed by atoms with Crippen molar-refractivity contribution in [3.63, 3.8) is 0 Å². The number of fused-ring (bicyclic) bond motifs is 1. The number of anilines is 2. The van der Waals surface area contributed by atoms with Gasteiger partial charge in [-0.15, -0.1) is 0 Å². The van der Waals surface area contributed by atoms with Crippen LogP contribution in [0.5, 0.6) is 0 Å². The predicted octanol–water partition coefficient (Wildman–Crippen LogP) is 1.13. The minimum atomic E-state index is -1.08. The van der Waals surface area contributed by atoms with Crippen LogP contribution in [0.15, 0.2) is 6.20 Å². The van der Waals surface area contributed by atoms with Crippen LogP contribution in [-0.4, -0.2) is 35.1 Å². The third kappa shape index (κ3) is 1.65. The molecule has 1 aliphatic rings. The molecule has 1 atom stereocenters. The summed E-state index contributed by atoms with van der Waals surface area (Å²) in [5.41, 5.74) is 1.07. The molecule has 0 fully saturated rings. The van der Waals surface area contributed by atoms with Crippen LogP contribution >= 0.6 is 0 Å². The zero-order valence-corrected chi connectivity index (χ0v) is 9.94. The van der Waals surface area contributed by atoms with Crippen molar-refractivity contribution in [3.05, 3.63) is 11.9 Å². The number of hydrogen-bond acceptors (Lipinski definition) is 3. The Morgan fingerprint density at radius 2 is 2.18 bits per heavy atom. The van der Waals surface area contributed by atoms with Gasteiger partial charge in [0.05, 0.1) is 11.4 Å². The van der Waals surface area contributed by atoms with Gasteiger partial charge in [0.2, 0.25) is 5.91 Å². The molecule has 1 amide bonds. The molecule has 0 aromatic carbocycles. The van der Waals surface area contributed by atoms with Crippen molar-refractivity contribution in [1.82, 2.24) is 4.98 Å². The third-order valence-electron chi connectivity index (χ3n) is 3.02. The zero-order chi connectivity index (χ0) is 12.7. The highest BCUT2D eigenvalue weighted by Crippen LogP contribution is 2.35. The smallest absolute Gasteiger partial charge is 0.354 e. The average Bonchev–Trinajstić information content (AvgIpc) is 2.60. The van der Waals surface area contributed by atoms with Crippen molar-refractivity contribution in [3.8, 4) is 0 Å². The summed E-state index contributed by atoms with van der Waals surface area (Å²) in [6.45, 7) is 3.91. The van der Waals surface area contributed by atoms with E-state index in [0.29, 0.717) is 11.4 Å². The van der Waals surface area contributed by atoms with Crippen molar-refractivity contribution in [2.24, 2.45) is 5.92 Å². The van der Waals surface area contributed by atoms with Crippen LogP contribution in [-0.2, 0) is 4.79 Å². The van der Waals surface area contributed by atoms with Gasteiger partial charge in [0.25, 0.3) is 0 Å². The Balaban J connectivity index is 2.47. The SMILES string of the molecule is CC(C)[C@H]1C(=O)Nc2c(c[nH]c2C(=O)O)N1C. The maximum atomic E-state index is 11.9. The second-order valence-electron chi connectivity index (χ2n) is 4.52. The number of nitrogens with one attached hydrogen (secondary N) is 2. The molecule has 0 radical (unpaired) electrons. The highest BCUT2D eigenvalue weighted by molar-refractivity contribution is 6.09. The summed E-state index contributed by atoms with van der Waals surface area (Å²) >= 11 is 0. The molecule has 3 N–H and O–H groups in total. The molecule has 1 aliphatic heterocycles. The van der Waals surface area contributed by atoms with Crippen molar-refractivity contribution < 1.29 is 14.7 Å². The van der Waals surface area contributed by atoms with Gasteiger partial charge in [-0.1, -0.05) is 13.8 Å². The highest BCUT2D eigenvalue weighted by Gasteiger charge is 2.35. The van der Waals surface area contributed by atoms with Gasteiger partial charge in [-0.2, -0.15) is 0 Å². The molecule has 0 saturated carbocycles. The number of carbonyl (C=O) groups excluding carboxylic acids is 1. The molecule has 17 heavy (non-hydrogen) atoms. The molecule has 6 nitrogen and oxygen atoms in total. The fourth-order valence-corrected chi connectivity index (χ4v) is 2.26. The van der Waals surface area contributed by atoms with E-state index in [1.54, 1.807) is 13.2 Å². The number of carboxylic acid groups (broad SMARTS) is 1. The largest absolute Gasteiger partial charge is 0.477 e. The predicted molar refractivity (Wildman–Crippen MR) is 63.4 cm³/mol. The van der Waals surface area contributed by atoms with E-state index in [1.807, 2.05) is 18.7 Å². The molecule has 92 valence electrons. The van der Waals surface area contributed by atoms with Gasteiger partial charge in [-0.05, 0) is 5.92 Å². The van der Waals surface area contributed by atoms with Gasteiger partial charge in [-0.25, -0.2) is 4.79 Å². The standard InChI is InChI=1S/C11H15N3O3/c1-5(2)9-10(15)13-7-6(14(9)3)4-12-8(7)11(16)17/h4-5,9,12H,1-3H3,(H,13,15)(H,16,17)/t9-/m0/s1. The minimum absolute atomic E-state index is 0.0161. The Hall–Kier alpha value is -1.98. The van der Waals surface area contributed by atoms with Crippen LogP contribution in [0.25, 0.3) is 0 Å². The number of rotatable bonds is 2. The molecule has 0 saturated heterocycles. The molecule has 0 spiro atoms. The molecule has 0 bridgehead atoms. The fraction of sp³-hybridized carbons (Fsp3) is 0.455. The lowest BCUT2D eigenvalue weighted by atomic mass is 9.99. The van der Waals surface area contributed by atoms with E-state index in [2.05, 4.69) is 10.3 Å². The van der Waals surface area contributed by atoms with Crippen LogP contribution in [0.3, 0.4) is 0 Å².